The topological polar surface area (TPSA) is 9.23 Å². The molecule has 0 aliphatic rings. The molecule has 0 unspecified atom stereocenters. The van der Waals surface area contributed by atoms with E-state index >= 15 is 0 Å². The summed E-state index contributed by atoms with van der Waals surface area (Å²) in [6, 6.07) is 0. The van der Waals surface area contributed by atoms with Gasteiger partial charge in [0.15, 0.2) is 0 Å². The summed E-state index contributed by atoms with van der Waals surface area (Å²) in [4.78, 5) is 0. The standard InChI is InChI=1S/C27H58Ge2O/c1-21(2,3)27(22(4,5)6,30-29(25(13,14)15)26(16,17)18)19-20-28(23(7,8)9)24(10,11)12/h19-20H2,1-18H3. The van der Waals surface area contributed by atoms with E-state index in [1.807, 2.05) is 0 Å². The van der Waals surface area contributed by atoms with Crippen molar-refractivity contribution in [2.24, 2.45) is 10.8 Å². The van der Waals surface area contributed by atoms with Crippen LogP contribution < -0.4 is 0 Å². The van der Waals surface area contributed by atoms with Gasteiger partial charge in [-0.1, -0.05) is 0 Å². The van der Waals surface area contributed by atoms with Gasteiger partial charge in [-0.25, -0.2) is 0 Å². The fraction of sp³-hybridized carbons (Fsp3) is 1.00. The van der Waals surface area contributed by atoms with Crippen molar-refractivity contribution in [2.45, 2.75) is 159 Å². The first-order chi connectivity index (χ1) is 12.7. The van der Waals surface area contributed by atoms with E-state index in [1.54, 1.807) is 0 Å². The predicted molar refractivity (Wildman–Crippen MR) is 143 cm³/mol. The second kappa shape index (κ2) is 9.36. The molecule has 3 heteroatoms. The van der Waals surface area contributed by atoms with E-state index < -0.39 is 29.0 Å². The molecule has 0 aliphatic carbocycles. The van der Waals surface area contributed by atoms with Gasteiger partial charge in [0.2, 0.25) is 0 Å². The third kappa shape index (κ3) is 7.82. The molecule has 0 rings (SSSR count). The van der Waals surface area contributed by atoms with Gasteiger partial charge in [-0.2, -0.15) is 0 Å². The Hall–Kier alpha value is 1.05. The van der Waals surface area contributed by atoms with E-state index in [-0.39, 0.29) is 24.9 Å². The maximum atomic E-state index is 7.67. The molecule has 0 saturated carbocycles. The van der Waals surface area contributed by atoms with Crippen LogP contribution in [0.4, 0.5) is 0 Å². The van der Waals surface area contributed by atoms with Gasteiger partial charge in [0.05, 0.1) is 0 Å². The van der Waals surface area contributed by atoms with Crippen molar-refractivity contribution in [1.82, 2.24) is 0 Å². The van der Waals surface area contributed by atoms with Crippen LogP contribution in [0.25, 0.3) is 0 Å². The van der Waals surface area contributed by atoms with Crippen LogP contribution in [0, 0.1) is 10.8 Å². The Morgan fingerprint density at radius 1 is 0.467 bits per heavy atom. The zero-order valence-electron chi connectivity index (χ0n) is 24.3. The molecule has 0 aliphatic heterocycles. The predicted octanol–water partition coefficient (Wildman–Crippen LogP) is 9.91. The van der Waals surface area contributed by atoms with Crippen LogP contribution in [-0.4, -0.2) is 34.6 Å². The quantitative estimate of drug-likeness (QED) is 0.313. The van der Waals surface area contributed by atoms with Gasteiger partial charge in [0.1, 0.15) is 0 Å². The molecule has 0 saturated heterocycles. The van der Waals surface area contributed by atoms with Crippen molar-refractivity contribution in [3.05, 3.63) is 0 Å². The molecule has 0 atom stereocenters. The third-order valence-corrected chi connectivity index (χ3v) is 22.6. The zero-order valence-corrected chi connectivity index (χ0v) is 28.5. The Morgan fingerprint density at radius 2 is 0.767 bits per heavy atom. The first-order valence-corrected chi connectivity index (χ1v) is 18.7. The summed E-state index contributed by atoms with van der Waals surface area (Å²) >= 11 is -3.30. The van der Waals surface area contributed by atoms with Crippen molar-refractivity contribution in [3.63, 3.8) is 0 Å². The molecular formula is C27H58Ge2O. The van der Waals surface area contributed by atoms with Crippen LogP contribution in [0.3, 0.4) is 0 Å². The average molecular weight is 544 g/mol. The molecule has 0 aromatic rings. The van der Waals surface area contributed by atoms with Crippen molar-refractivity contribution in [1.29, 1.82) is 0 Å². The molecule has 0 fully saturated rings. The van der Waals surface area contributed by atoms with Crippen LogP contribution in [-0.2, 0) is 3.76 Å². The summed E-state index contributed by atoms with van der Waals surface area (Å²) in [5, 5.41) is 1.38. The Labute approximate surface area is 201 Å². The van der Waals surface area contributed by atoms with Crippen LogP contribution in [0.15, 0.2) is 0 Å². The van der Waals surface area contributed by atoms with E-state index in [9.17, 15) is 0 Å². The molecule has 2 radical (unpaired) electrons. The second-order valence-electron chi connectivity index (χ2n) is 15.7. The maximum absolute atomic E-state index is 7.67. The van der Waals surface area contributed by atoms with Gasteiger partial charge < -0.3 is 0 Å². The van der Waals surface area contributed by atoms with Crippen molar-refractivity contribution >= 4 is 29.0 Å². The van der Waals surface area contributed by atoms with Crippen LogP contribution >= 0.6 is 0 Å². The van der Waals surface area contributed by atoms with E-state index in [0.717, 1.165) is 0 Å². The first-order valence-electron chi connectivity index (χ1n) is 12.1. The van der Waals surface area contributed by atoms with Gasteiger partial charge >= 0.3 is 203 Å². The molecule has 0 bridgehead atoms. The van der Waals surface area contributed by atoms with Crippen molar-refractivity contribution in [3.8, 4) is 0 Å². The molecule has 0 spiro atoms. The van der Waals surface area contributed by atoms with Gasteiger partial charge in [-0.05, 0) is 0 Å². The van der Waals surface area contributed by atoms with E-state index in [0.29, 0.717) is 8.49 Å². The van der Waals surface area contributed by atoms with Gasteiger partial charge in [-0.15, -0.1) is 0 Å². The Kier molecular flexibility index (Phi) is 9.68. The molecular weight excluding hydrogens is 486 g/mol. The molecule has 30 heavy (non-hydrogen) atoms. The van der Waals surface area contributed by atoms with Crippen LogP contribution in [0.1, 0.15) is 131 Å². The summed E-state index contributed by atoms with van der Waals surface area (Å²) in [7, 11) is 0. The van der Waals surface area contributed by atoms with Crippen LogP contribution in [0.5, 0.6) is 0 Å². The molecule has 180 valence electrons. The summed E-state index contributed by atoms with van der Waals surface area (Å²) < 4.78 is 9.08. The van der Waals surface area contributed by atoms with Crippen LogP contribution in [0.2, 0.25) is 22.2 Å². The van der Waals surface area contributed by atoms with Gasteiger partial charge in [0.25, 0.3) is 0 Å². The normalized spacial score (nSPS) is 16.0. The molecule has 0 heterocycles. The van der Waals surface area contributed by atoms with Crippen molar-refractivity contribution in [2.75, 3.05) is 0 Å². The molecule has 0 aromatic carbocycles. The summed E-state index contributed by atoms with van der Waals surface area (Å²) in [5.74, 6) is 0. The number of hydrogen-bond acceptors (Lipinski definition) is 1. The van der Waals surface area contributed by atoms with Gasteiger partial charge in [-0.3, -0.25) is 0 Å². The van der Waals surface area contributed by atoms with Crippen molar-refractivity contribution < 1.29 is 3.76 Å². The fourth-order valence-electron chi connectivity index (χ4n) is 6.01. The number of rotatable bonds is 5. The summed E-state index contributed by atoms with van der Waals surface area (Å²) in [6.07, 6.45) is 1.20. The number of hydrogen-bond donors (Lipinski definition) is 0. The summed E-state index contributed by atoms with van der Waals surface area (Å²) in [5.41, 5.74) is 0.0863. The Bertz CT molecular complexity index is 494. The minimum absolute atomic E-state index is 0.0964. The molecule has 1 nitrogen and oxygen atoms in total. The Morgan fingerprint density at radius 3 is 0.967 bits per heavy atom. The minimum atomic E-state index is -1.91. The SMILES string of the molecule is C[C](C)(C)[Ge]([CH2]CC([O][Ge]([C](C)(C)C)[C](C)(C)C)(C(C)(C)C)C(C)(C)C)[C](C)(C)C. The van der Waals surface area contributed by atoms with E-state index in [4.69, 9.17) is 3.76 Å². The second-order valence-corrected chi connectivity index (χ2v) is 33.2. The zero-order chi connectivity index (χ0) is 24.8. The molecule has 0 amide bonds. The molecule has 0 aromatic heterocycles. The average Bonchev–Trinajstić information content (AvgIpc) is 2.33. The molecule has 0 N–H and O–H groups in total. The van der Waals surface area contributed by atoms with E-state index in [2.05, 4.69) is 125 Å². The third-order valence-electron chi connectivity index (χ3n) is 6.60. The monoisotopic (exact) mass is 546 g/mol. The first kappa shape index (κ1) is 31.0. The summed E-state index contributed by atoms with van der Waals surface area (Å²) in [6.45, 7) is 44.1. The Balaban J connectivity index is 6.56. The van der Waals surface area contributed by atoms with E-state index in [1.165, 1.54) is 11.7 Å². The fourth-order valence-corrected chi connectivity index (χ4v) is 23.4. The van der Waals surface area contributed by atoms with Gasteiger partial charge in [0, 0.05) is 0 Å².